The Hall–Kier alpha value is -1.50. The fraction of sp³-hybridized carbons (Fsp3) is 0.500. The van der Waals surface area contributed by atoms with E-state index in [1.165, 1.54) is 16.8 Å². The smallest absolute Gasteiger partial charge is 0.286 e. The highest BCUT2D eigenvalue weighted by molar-refractivity contribution is 9.10. The van der Waals surface area contributed by atoms with Crippen LogP contribution in [0.25, 0.3) is 0 Å². The van der Waals surface area contributed by atoms with E-state index in [1.54, 1.807) is 0 Å². The van der Waals surface area contributed by atoms with Crippen LogP contribution in [0.1, 0.15) is 25.7 Å². The molecule has 0 aliphatic heterocycles. The topological polar surface area (TPSA) is 82.2 Å². The van der Waals surface area contributed by atoms with Crippen molar-refractivity contribution < 1.29 is 9.72 Å². The van der Waals surface area contributed by atoms with Gasteiger partial charge in [-0.3, -0.25) is 19.7 Å². The van der Waals surface area contributed by atoms with Gasteiger partial charge in [0.05, 0.1) is 15.6 Å². The lowest BCUT2D eigenvalue weighted by molar-refractivity contribution is -0.385. The number of carbonyl (C=O) groups excluding carboxylic acids is 1. The van der Waals surface area contributed by atoms with Gasteiger partial charge >= 0.3 is 0 Å². The molecule has 1 unspecified atom stereocenters. The third-order valence-electron chi connectivity index (χ3n) is 3.39. The molecule has 1 heterocycles. The number of halogens is 1. The van der Waals surface area contributed by atoms with Crippen LogP contribution in [0.4, 0.5) is 5.69 Å². The monoisotopic (exact) mass is 328 g/mol. The maximum Gasteiger partial charge on any atom is 0.286 e. The van der Waals surface area contributed by atoms with Crippen molar-refractivity contribution in [3.63, 3.8) is 0 Å². The Bertz CT molecular complexity index is 582. The number of aromatic nitrogens is 1. The Morgan fingerprint density at radius 1 is 1.47 bits per heavy atom. The number of Topliss-reactive ketones (excluding diaryl/α,β-unsaturated/α-hetero) is 1. The molecule has 102 valence electrons. The summed E-state index contributed by atoms with van der Waals surface area (Å²) in [5.74, 6) is 0.225. The summed E-state index contributed by atoms with van der Waals surface area (Å²) in [4.78, 5) is 33.6. The van der Waals surface area contributed by atoms with Crippen molar-refractivity contribution in [2.75, 3.05) is 0 Å². The molecule has 1 aliphatic carbocycles. The Morgan fingerprint density at radius 2 is 2.21 bits per heavy atom. The number of aryl methyl sites for hydroxylation is 1. The number of carbonyl (C=O) groups is 1. The molecule has 19 heavy (non-hydrogen) atoms. The van der Waals surface area contributed by atoms with Crippen LogP contribution in [0.15, 0.2) is 21.5 Å². The molecule has 0 N–H and O–H groups in total. The van der Waals surface area contributed by atoms with Gasteiger partial charge in [0.15, 0.2) is 0 Å². The molecule has 1 saturated carbocycles. The summed E-state index contributed by atoms with van der Waals surface area (Å²) in [5, 5.41) is 10.7. The normalized spacial score (nSPS) is 18.8. The van der Waals surface area contributed by atoms with Gasteiger partial charge in [-0.05, 0) is 35.2 Å². The van der Waals surface area contributed by atoms with Gasteiger partial charge in [-0.25, -0.2) is 0 Å². The molecule has 1 fully saturated rings. The second kappa shape index (κ2) is 5.64. The van der Waals surface area contributed by atoms with Crippen LogP contribution in [0.3, 0.4) is 0 Å². The van der Waals surface area contributed by atoms with Gasteiger partial charge in [0.25, 0.3) is 11.2 Å². The first-order valence-electron chi connectivity index (χ1n) is 6.06. The zero-order valence-corrected chi connectivity index (χ0v) is 11.8. The van der Waals surface area contributed by atoms with Crippen LogP contribution in [-0.2, 0) is 11.3 Å². The van der Waals surface area contributed by atoms with E-state index < -0.39 is 4.92 Å². The number of hydrogen-bond donors (Lipinski definition) is 0. The average Bonchev–Trinajstić information content (AvgIpc) is 2.76. The maximum atomic E-state index is 11.8. The highest BCUT2D eigenvalue weighted by Crippen LogP contribution is 2.25. The minimum absolute atomic E-state index is 0.00932. The molecular weight excluding hydrogens is 316 g/mol. The second-order valence-corrected chi connectivity index (χ2v) is 5.50. The van der Waals surface area contributed by atoms with Crippen LogP contribution in [0, 0.1) is 16.0 Å². The van der Waals surface area contributed by atoms with Crippen LogP contribution >= 0.6 is 15.9 Å². The summed E-state index contributed by atoms with van der Waals surface area (Å²) < 4.78 is 1.47. The quantitative estimate of drug-likeness (QED) is 0.627. The van der Waals surface area contributed by atoms with Gasteiger partial charge in [-0.15, -0.1) is 0 Å². The first-order chi connectivity index (χ1) is 8.99. The van der Waals surface area contributed by atoms with Crippen LogP contribution in [-0.4, -0.2) is 15.3 Å². The van der Waals surface area contributed by atoms with E-state index in [0.717, 1.165) is 12.8 Å². The molecule has 1 aliphatic rings. The maximum absolute atomic E-state index is 11.8. The van der Waals surface area contributed by atoms with Gasteiger partial charge in [0.2, 0.25) is 0 Å². The van der Waals surface area contributed by atoms with E-state index >= 15 is 0 Å². The predicted molar refractivity (Wildman–Crippen MR) is 72.0 cm³/mol. The number of nitro groups is 1. The molecule has 0 saturated heterocycles. The van der Waals surface area contributed by atoms with Crippen molar-refractivity contribution in [2.45, 2.75) is 32.2 Å². The zero-order chi connectivity index (χ0) is 14.0. The number of hydrogen-bond acceptors (Lipinski definition) is 4. The highest BCUT2D eigenvalue weighted by atomic mass is 79.9. The molecule has 1 atom stereocenters. The standard InChI is InChI=1S/C12H13BrN2O4/c13-10-6-9(15(18)19)7-14(12(10)17)5-4-8-2-1-3-11(8)16/h6-8H,1-5H2. The molecule has 1 aromatic heterocycles. The Kier molecular flexibility index (Phi) is 4.14. The Balaban J connectivity index is 2.17. The van der Waals surface area contributed by atoms with Gasteiger partial charge in [-0.1, -0.05) is 0 Å². The lowest BCUT2D eigenvalue weighted by Gasteiger charge is -2.10. The minimum Gasteiger partial charge on any atom is -0.308 e. The highest BCUT2D eigenvalue weighted by Gasteiger charge is 2.24. The lowest BCUT2D eigenvalue weighted by atomic mass is 10.0. The molecule has 6 nitrogen and oxygen atoms in total. The van der Waals surface area contributed by atoms with Crippen LogP contribution < -0.4 is 5.56 Å². The summed E-state index contributed by atoms with van der Waals surface area (Å²) in [6.07, 6.45) is 4.15. The second-order valence-electron chi connectivity index (χ2n) is 4.65. The molecule has 0 spiro atoms. The molecular formula is C12H13BrN2O4. The Labute approximate surface area is 117 Å². The predicted octanol–water partition coefficient (Wildman–Crippen LogP) is 2.28. The van der Waals surface area contributed by atoms with Crippen LogP contribution in [0.2, 0.25) is 0 Å². The van der Waals surface area contributed by atoms with Crippen molar-refractivity contribution in [3.05, 3.63) is 37.2 Å². The van der Waals surface area contributed by atoms with Gasteiger partial charge in [0, 0.05) is 24.9 Å². The summed E-state index contributed by atoms with van der Waals surface area (Å²) in [6, 6.07) is 1.19. The lowest BCUT2D eigenvalue weighted by Crippen LogP contribution is -2.22. The molecule has 2 rings (SSSR count). The van der Waals surface area contributed by atoms with E-state index in [2.05, 4.69) is 15.9 Å². The van der Waals surface area contributed by atoms with Crippen molar-refractivity contribution in [3.8, 4) is 0 Å². The summed E-state index contributed by atoms with van der Waals surface area (Å²) in [5.41, 5.74) is -0.444. The Morgan fingerprint density at radius 3 is 2.79 bits per heavy atom. The minimum atomic E-state index is -0.540. The van der Waals surface area contributed by atoms with Gasteiger partial charge in [0.1, 0.15) is 5.78 Å². The molecule has 0 aromatic carbocycles. The molecule has 0 bridgehead atoms. The number of ketones is 1. The third-order valence-corrected chi connectivity index (χ3v) is 3.96. The molecule has 0 amide bonds. The van der Waals surface area contributed by atoms with Gasteiger partial charge in [-0.2, -0.15) is 0 Å². The van der Waals surface area contributed by atoms with E-state index in [1.807, 2.05) is 0 Å². The summed E-state index contributed by atoms with van der Waals surface area (Å²) in [7, 11) is 0. The molecule has 7 heteroatoms. The van der Waals surface area contributed by atoms with Gasteiger partial charge < -0.3 is 4.57 Å². The third kappa shape index (κ3) is 3.09. The molecule has 0 radical (unpaired) electrons. The first kappa shape index (κ1) is 13.9. The summed E-state index contributed by atoms with van der Waals surface area (Å²) >= 11 is 3.03. The van der Waals surface area contributed by atoms with Crippen molar-refractivity contribution >= 4 is 27.4 Å². The van der Waals surface area contributed by atoms with E-state index in [9.17, 15) is 19.7 Å². The average molecular weight is 329 g/mol. The SMILES string of the molecule is O=C1CCCC1CCn1cc([N+](=O)[O-])cc(Br)c1=O. The number of pyridine rings is 1. The summed E-state index contributed by atoms with van der Waals surface area (Å²) in [6.45, 7) is 0.329. The first-order valence-corrected chi connectivity index (χ1v) is 6.85. The number of nitrogens with zero attached hydrogens (tertiary/aromatic N) is 2. The molecule has 1 aromatic rings. The van der Waals surface area contributed by atoms with Crippen LogP contribution in [0.5, 0.6) is 0 Å². The van der Waals surface area contributed by atoms with E-state index in [4.69, 9.17) is 0 Å². The van der Waals surface area contributed by atoms with E-state index in [0.29, 0.717) is 19.4 Å². The number of rotatable bonds is 4. The van der Waals surface area contributed by atoms with Crippen molar-refractivity contribution in [1.29, 1.82) is 0 Å². The van der Waals surface area contributed by atoms with Crippen molar-refractivity contribution in [1.82, 2.24) is 4.57 Å². The largest absolute Gasteiger partial charge is 0.308 e. The zero-order valence-electron chi connectivity index (χ0n) is 10.2. The van der Waals surface area contributed by atoms with Crippen molar-refractivity contribution in [2.24, 2.45) is 5.92 Å². The fourth-order valence-electron chi connectivity index (χ4n) is 2.34. The van der Waals surface area contributed by atoms with E-state index in [-0.39, 0.29) is 27.4 Å². The fourth-order valence-corrected chi connectivity index (χ4v) is 2.80.